The molecule has 122 valence electrons. The van der Waals surface area contributed by atoms with Crippen molar-refractivity contribution in [2.75, 3.05) is 0 Å². The third kappa shape index (κ3) is 2.62. The van der Waals surface area contributed by atoms with E-state index in [1.54, 1.807) is 0 Å². The largest absolute Gasteiger partial charge is 0.304 e. The lowest BCUT2D eigenvalue weighted by atomic mass is 9.79. The predicted molar refractivity (Wildman–Crippen MR) is 104 cm³/mol. The van der Waals surface area contributed by atoms with E-state index in [9.17, 15) is 0 Å². The highest BCUT2D eigenvalue weighted by Crippen LogP contribution is 2.37. The highest BCUT2D eigenvalue weighted by Gasteiger charge is 2.24. The third-order valence-corrected chi connectivity index (χ3v) is 5.70. The summed E-state index contributed by atoms with van der Waals surface area (Å²) in [5.74, 6) is 0.429. The van der Waals surface area contributed by atoms with Crippen LogP contribution in [0.15, 0.2) is 54.1 Å². The van der Waals surface area contributed by atoms with Gasteiger partial charge in [-0.3, -0.25) is 0 Å². The molecule has 0 spiro atoms. The van der Waals surface area contributed by atoms with E-state index < -0.39 is 0 Å². The van der Waals surface area contributed by atoms with E-state index in [2.05, 4.69) is 55.5 Å². The lowest BCUT2D eigenvalue weighted by Crippen LogP contribution is -2.19. The van der Waals surface area contributed by atoms with Crippen LogP contribution >= 0.6 is 0 Å². The van der Waals surface area contributed by atoms with E-state index in [0.717, 1.165) is 12.1 Å². The topological polar surface area (TPSA) is 23.9 Å². The lowest BCUT2D eigenvalue weighted by Gasteiger charge is -2.25. The van der Waals surface area contributed by atoms with Crippen LogP contribution in [-0.4, -0.2) is 5.71 Å². The first kappa shape index (κ1) is 15.4. The second-order valence-electron chi connectivity index (χ2n) is 7.23. The molecule has 2 aromatic carbocycles. The average molecular weight is 315 g/mol. The van der Waals surface area contributed by atoms with Gasteiger partial charge in [-0.15, -0.1) is 0 Å². The maximum Gasteiger partial charge on any atom is 0.0429 e. The van der Waals surface area contributed by atoms with Gasteiger partial charge in [-0.2, -0.15) is 0 Å². The van der Waals surface area contributed by atoms with E-state index in [1.165, 1.54) is 65.1 Å². The van der Waals surface area contributed by atoms with Crippen LogP contribution in [0, 0.1) is 11.3 Å². The fourth-order valence-corrected chi connectivity index (χ4v) is 4.35. The van der Waals surface area contributed by atoms with Crippen LogP contribution in [0.25, 0.3) is 16.3 Å². The third-order valence-electron chi connectivity index (χ3n) is 5.70. The molecule has 0 aromatic heterocycles. The number of fused-ring (bicyclic) bond motifs is 1. The zero-order chi connectivity index (χ0) is 16.5. The molecule has 2 aliphatic carbocycles. The molecule has 0 radical (unpaired) electrons. The van der Waals surface area contributed by atoms with Gasteiger partial charge in [-0.05, 0) is 53.7 Å². The predicted octanol–water partition coefficient (Wildman–Crippen LogP) is 6.52. The normalized spacial score (nSPS) is 18.5. The van der Waals surface area contributed by atoms with E-state index in [4.69, 9.17) is 5.41 Å². The maximum atomic E-state index is 9.03. The van der Waals surface area contributed by atoms with E-state index in [0.29, 0.717) is 5.92 Å². The Kier molecular flexibility index (Phi) is 4.10. The van der Waals surface area contributed by atoms with Crippen LogP contribution in [0.1, 0.15) is 56.6 Å². The fourth-order valence-electron chi connectivity index (χ4n) is 4.35. The first-order valence-corrected chi connectivity index (χ1v) is 9.23. The van der Waals surface area contributed by atoms with Crippen LogP contribution in [0.5, 0.6) is 0 Å². The van der Waals surface area contributed by atoms with Crippen molar-refractivity contribution >= 4 is 22.1 Å². The van der Waals surface area contributed by atoms with E-state index >= 15 is 0 Å². The molecule has 0 saturated heterocycles. The second kappa shape index (κ2) is 6.39. The van der Waals surface area contributed by atoms with Gasteiger partial charge in [-0.1, -0.05) is 67.8 Å². The first-order chi connectivity index (χ1) is 11.8. The summed E-state index contributed by atoms with van der Waals surface area (Å²) in [7, 11) is 0. The summed E-state index contributed by atoms with van der Waals surface area (Å²) in [5.41, 5.74) is 6.10. The molecule has 0 amide bonds. The summed E-state index contributed by atoms with van der Waals surface area (Å²) in [6, 6.07) is 13.0. The Bertz CT molecular complexity index is 847. The Morgan fingerprint density at radius 2 is 1.79 bits per heavy atom. The van der Waals surface area contributed by atoms with E-state index in [-0.39, 0.29) is 0 Å². The fraction of sp³-hybridized carbons (Fsp3) is 0.348. The molecule has 1 saturated carbocycles. The van der Waals surface area contributed by atoms with Gasteiger partial charge in [0, 0.05) is 17.2 Å². The summed E-state index contributed by atoms with van der Waals surface area (Å²) >= 11 is 0. The summed E-state index contributed by atoms with van der Waals surface area (Å²) < 4.78 is 0. The molecule has 0 atom stereocenters. The molecule has 0 unspecified atom stereocenters. The van der Waals surface area contributed by atoms with Crippen molar-refractivity contribution in [2.24, 2.45) is 5.92 Å². The summed E-state index contributed by atoms with van der Waals surface area (Å²) in [6.45, 7) is 2.20. The Labute approximate surface area is 144 Å². The van der Waals surface area contributed by atoms with Crippen LogP contribution < -0.4 is 0 Å². The first-order valence-electron chi connectivity index (χ1n) is 9.23. The number of nitrogens with one attached hydrogen (secondary N) is 1. The van der Waals surface area contributed by atoms with Gasteiger partial charge in [-0.25, -0.2) is 0 Å². The Balaban J connectivity index is 1.90. The Hall–Kier alpha value is -2.15. The zero-order valence-electron chi connectivity index (χ0n) is 14.4. The number of rotatable bonds is 3. The SMILES string of the molecule is CC1=C(c2ccc3ccccc3c2C(=N)C2CCCCC2)CC=C1. The highest BCUT2D eigenvalue weighted by molar-refractivity contribution is 6.14. The van der Waals surface area contributed by atoms with Crippen molar-refractivity contribution in [3.63, 3.8) is 0 Å². The number of hydrogen-bond donors (Lipinski definition) is 1. The second-order valence-corrected chi connectivity index (χ2v) is 7.23. The highest BCUT2D eigenvalue weighted by atomic mass is 14.5. The lowest BCUT2D eigenvalue weighted by molar-refractivity contribution is 0.439. The summed E-state index contributed by atoms with van der Waals surface area (Å²) in [5, 5.41) is 11.5. The van der Waals surface area contributed by atoms with Gasteiger partial charge in [0.15, 0.2) is 0 Å². The van der Waals surface area contributed by atoms with Crippen molar-refractivity contribution in [3.05, 3.63) is 65.3 Å². The quantitative estimate of drug-likeness (QED) is 0.623. The molecule has 0 bridgehead atoms. The van der Waals surface area contributed by atoms with E-state index in [1.807, 2.05) is 0 Å². The molecular weight excluding hydrogens is 290 g/mol. The van der Waals surface area contributed by atoms with Crippen LogP contribution in [-0.2, 0) is 0 Å². The smallest absolute Gasteiger partial charge is 0.0429 e. The number of hydrogen-bond acceptors (Lipinski definition) is 1. The molecule has 4 rings (SSSR count). The number of benzene rings is 2. The maximum absolute atomic E-state index is 9.03. The van der Waals surface area contributed by atoms with Crippen molar-refractivity contribution in [1.82, 2.24) is 0 Å². The molecule has 2 aromatic rings. The Morgan fingerprint density at radius 1 is 1.00 bits per heavy atom. The zero-order valence-corrected chi connectivity index (χ0v) is 14.4. The van der Waals surface area contributed by atoms with Gasteiger partial charge in [0.2, 0.25) is 0 Å². The van der Waals surface area contributed by atoms with Crippen LogP contribution in [0.4, 0.5) is 0 Å². The molecule has 24 heavy (non-hydrogen) atoms. The van der Waals surface area contributed by atoms with Gasteiger partial charge >= 0.3 is 0 Å². The molecule has 0 aliphatic heterocycles. The Morgan fingerprint density at radius 3 is 2.54 bits per heavy atom. The van der Waals surface area contributed by atoms with Gasteiger partial charge < -0.3 is 5.41 Å². The minimum atomic E-state index is 0.429. The molecular formula is C23H25N. The minimum absolute atomic E-state index is 0.429. The van der Waals surface area contributed by atoms with Gasteiger partial charge in [0.25, 0.3) is 0 Å². The standard InChI is InChI=1S/C23H25N/c1-16-8-7-13-19(16)21-15-14-17-9-5-6-12-20(17)22(21)23(24)18-10-3-2-4-11-18/h5-9,12,14-15,18,24H,2-4,10-11,13H2,1H3. The van der Waals surface area contributed by atoms with Gasteiger partial charge in [0.1, 0.15) is 0 Å². The van der Waals surface area contributed by atoms with Crippen LogP contribution in [0.2, 0.25) is 0 Å². The molecule has 1 heteroatoms. The van der Waals surface area contributed by atoms with Crippen molar-refractivity contribution in [3.8, 4) is 0 Å². The molecule has 1 nitrogen and oxygen atoms in total. The monoisotopic (exact) mass is 315 g/mol. The summed E-state index contributed by atoms with van der Waals surface area (Å²) in [4.78, 5) is 0. The van der Waals surface area contributed by atoms with Crippen molar-refractivity contribution in [1.29, 1.82) is 5.41 Å². The van der Waals surface area contributed by atoms with Gasteiger partial charge in [0.05, 0.1) is 0 Å². The molecule has 0 heterocycles. The molecule has 2 aliphatic rings. The van der Waals surface area contributed by atoms with Crippen LogP contribution in [0.3, 0.4) is 0 Å². The summed E-state index contributed by atoms with van der Waals surface area (Å²) in [6.07, 6.45) is 11.7. The molecule has 1 fully saturated rings. The number of allylic oxidation sites excluding steroid dienone is 4. The average Bonchev–Trinajstić information content (AvgIpc) is 3.06. The minimum Gasteiger partial charge on any atom is -0.304 e. The molecule has 1 N–H and O–H groups in total. The van der Waals surface area contributed by atoms with Crippen molar-refractivity contribution < 1.29 is 0 Å². The van der Waals surface area contributed by atoms with Crippen molar-refractivity contribution in [2.45, 2.75) is 45.4 Å².